The highest BCUT2D eigenvalue weighted by atomic mass is 32.1. The maximum Gasteiger partial charge on any atom is 0.547 e. The first-order valence-electron chi connectivity index (χ1n) is 7.24. The molecule has 0 fully saturated rings. The highest BCUT2D eigenvalue weighted by Crippen LogP contribution is 2.30. The van der Waals surface area contributed by atoms with Gasteiger partial charge in [-0.2, -0.15) is 0 Å². The van der Waals surface area contributed by atoms with Crippen LogP contribution in [0.1, 0.15) is 28.8 Å². The van der Waals surface area contributed by atoms with Gasteiger partial charge < -0.3 is 25.5 Å². The third-order valence-corrected chi connectivity index (χ3v) is 3.61. The molecule has 2 rings (SSSR count). The number of ether oxygens (including phenoxy) is 1. The molecule has 1 aromatic rings. The van der Waals surface area contributed by atoms with Crippen molar-refractivity contribution in [3.05, 3.63) is 29.3 Å². The monoisotopic (exact) mass is 352 g/mol. The Labute approximate surface area is 144 Å². The van der Waals surface area contributed by atoms with Crippen LogP contribution in [0.2, 0.25) is 0 Å². The minimum Gasteiger partial charge on any atom is -0.534 e. The van der Waals surface area contributed by atoms with Crippen molar-refractivity contribution in [3.8, 4) is 5.75 Å². The number of hydrogen-bond acceptors (Lipinski definition) is 7. The van der Waals surface area contributed by atoms with Crippen LogP contribution < -0.4 is 15.7 Å². The second-order valence-corrected chi connectivity index (χ2v) is 5.47. The Bertz CT molecular complexity index is 656. The number of carbonyl (C=O) groups excluding carboxylic acids is 3. The summed E-state index contributed by atoms with van der Waals surface area (Å²) in [5.41, 5.74) is 5.82. The van der Waals surface area contributed by atoms with E-state index >= 15 is 0 Å². The molecule has 1 atom stereocenters. The zero-order chi connectivity index (χ0) is 17.7. The minimum absolute atomic E-state index is 0.0697. The lowest BCUT2D eigenvalue weighted by Gasteiger charge is -2.29. The fraction of sp³-hybridized carbons (Fsp3) is 0.357. The van der Waals surface area contributed by atoms with Crippen LogP contribution in [0.5, 0.6) is 5.75 Å². The molecule has 1 aliphatic rings. The first kappa shape index (κ1) is 18.1. The Morgan fingerprint density at radius 1 is 1.42 bits per heavy atom. The number of benzene rings is 1. The van der Waals surface area contributed by atoms with E-state index in [-0.39, 0.29) is 36.5 Å². The third kappa shape index (κ3) is 4.42. The van der Waals surface area contributed by atoms with Crippen LogP contribution in [0.15, 0.2) is 18.2 Å². The second-order valence-electron chi connectivity index (χ2n) is 5.21. The zero-order valence-corrected chi connectivity index (χ0v) is 13.6. The summed E-state index contributed by atoms with van der Waals surface area (Å²) >= 11 is 3.83. The van der Waals surface area contributed by atoms with Crippen LogP contribution in [0.25, 0.3) is 0 Å². The smallest absolute Gasteiger partial charge is 0.534 e. The van der Waals surface area contributed by atoms with Crippen molar-refractivity contribution in [3.63, 3.8) is 0 Å². The van der Waals surface area contributed by atoms with Crippen LogP contribution in [-0.4, -0.2) is 41.8 Å². The summed E-state index contributed by atoms with van der Waals surface area (Å²) in [7, 11) is -1.33. The van der Waals surface area contributed by atoms with E-state index in [0.29, 0.717) is 5.56 Å². The maximum absolute atomic E-state index is 11.9. The number of thiol groups is 1. The molecule has 1 unspecified atom stereocenters. The van der Waals surface area contributed by atoms with E-state index in [1.165, 1.54) is 6.07 Å². The first-order chi connectivity index (χ1) is 11.4. The van der Waals surface area contributed by atoms with Gasteiger partial charge in [-0.1, -0.05) is 12.1 Å². The van der Waals surface area contributed by atoms with Gasteiger partial charge in [0.15, 0.2) is 0 Å². The Morgan fingerprint density at radius 2 is 2.17 bits per heavy atom. The van der Waals surface area contributed by atoms with Crippen LogP contribution in [0, 0.1) is 0 Å². The first-order valence-corrected chi connectivity index (χ1v) is 7.88. The van der Waals surface area contributed by atoms with Gasteiger partial charge in [0.1, 0.15) is 17.3 Å². The lowest BCUT2D eigenvalue weighted by molar-refractivity contribution is -0.125. The minimum atomic E-state index is -1.33. The fourth-order valence-electron chi connectivity index (χ4n) is 2.36. The Morgan fingerprint density at radius 3 is 2.83 bits per heavy atom. The summed E-state index contributed by atoms with van der Waals surface area (Å²) < 4.78 is 10.2. The number of hydrogen-bond donors (Lipinski definition) is 4. The molecule has 1 aliphatic heterocycles. The molecule has 4 N–H and O–H groups in total. The Hall–Kier alpha value is -2.20. The van der Waals surface area contributed by atoms with E-state index in [0.717, 1.165) is 0 Å². The van der Waals surface area contributed by atoms with Gasteiger partial charge in [0.2, 0.25) is 11.8 Å². The van der Waals surface area contributed by atoms with Crippen molar-refractivity contribution in [1.82, 2.24) is 5.32 Å². The standard InChI is InChI=1S/C14H17BN2O6S/c16-11(18)4-5-12(19)17-10-6-8-2-1-3-9(14(20)22-7-24)13(8)23-15(10)21/h1-3,10,21,24H,4-7H2,(H2,16,18)(H,17,19). The summed E-state index contributed by atoms with van der Waals surface area (Å²) in [5, 5.41) is 12.7. The van der Waals surface area contributed by atoms with Gasteiger partial charge in [-0.15, -0.1) is 12.6 Å². The average Bonchev–Trinajstić information content (AvgIpc) is 2.53. The van der Waals surface area contributed by atoms with Crippen LogP contribution in [0.3, 0.4) is 0 Å². The summed E-state index contributed by atoms with van der Waals surface area (Å²) in [5.74, 6) is -2.17. The van der Waals surface area contributed by atoms with E-state index < -0.39 is 30.8 Å². The van der Waals surface area contributed by atoms with Crippen LogP contribution >= 0.6 is 12.6 Å². The van der Waals surface area contributed by atoms with E-state index in [1.54, 1.807) is 12.1 Å². The maximum atomic E-state index is 11.9. The van der Waals surface area contributed by atoms with Crippen molar-refractivity contribution in [2.75, 3.05) is 5.94 Å². The number of fused-ring (bicyclic) bond motifs is 1. The molecule has 0 aliphatic carbocycles. The summed E-state index contributed by atoms with van der Waals surface area (Å²) in [6, 6.07) is 4.89. The van der Waals surface area contributed by atoms with E-state index in [2.05, 4.69) is 17.9 Å². The van der Waals surface area contributed by atoms with Gasteiger partial charge in [-0.05, 0) is 18.1 Å². The van der Waals surface area contributed by atoms with E-state index in [4.69, 9.17) is 15.1 Å². The number of nitrogens with one attached hydrogen (secondary N) is 1. The predicted molar refractivity (Wildman–Crippen MR) is 88.4 cm³/mol. The number of nitrogens with two attached hydrogens (primary N) is 1. The van der Waals surface area contributed by atoms with Crippen molar-refractivity contribution >= 4 is 37.5 Å². The van der Waals surface area contributed by atoms with Gasteiger partial charge in [-0.25, -0.2) is 4.79 Å². The van der Waals surface area contributed by atoms with Crippen molar-refractivity contribution < 1.29 is 28.8 Å². The molecule has 24 heavy (non-hydrogen) atoms. The number of esters is 1. The fourth-order valence-corrected chi connectivity index (χ4v) is 2.48. The lowest BCUT2D eigenvalue weighted by atomic mass is 9.72. The predicted octanol–water partition coefficient (Wildman–Crippen LogP) is -0.564. The second kappa shape index (κ2) is 8.07. The molecule has 1 heterocycles. The molecule has 0 saturated carbocycles. The van der Waals surface area contributed by atoms with Crippen molar-refractivity contribution in [1.29, 1.82) is 0 Å². The van der Waals surface area contributed by atoms with Gasteiger partial charge in [0.05, 0.1) is 5.94 Å². The largest absolute Gasteiger partial charge is 0.547 e. The molecule has 1 aromatic carbocycles. The Kier molecular flexibility index (Phi) is 6.10. The lowest BCUT2D eigenvalue weighted by Crippen LogP contribution is -2.53. The van der Waals surface area contributed by atoms with Gasteiger partial charge in [-0.3, -0.25) is 9.59 Å². The molecule has 128 valence electrons. The highest BCUT2D eigenvalue weighted by molar-refractivity contribution is 7.80. The van der Waals surface area contributed by atoms with Crippen LogP contribution in [0.4, 0.5) is 0 Å². The third-order valence-electron chi connectivity index (χ3n) is 3.48. The van der Waals surface area contributed by atoms with Gasteiger partial charge >= 0.3 is 13.1 Å². The summed E-state index contributed by atoms with van der Waals surface area (Å²) in [6.45, 7) is 0. The molecule has 0 saturated heterocycles. The number of para-hydroxylation sites is 1. The molecule has 10 heteroatoms. The normalized spacial score (nSPS) is 15.9. The topological polar surface area (TPSA) is 128 Å². The molecule has 0 bridgehead atoms. The number of amides is 2. The SMILES string of the molecule is NC(=O)CCC(=O)NC1Cc2cccc(C(=O)OCS)c2OB1O. The zero-order valence-electron chi connectivity index (χ0n) is 12.7. The number of carbonyl (C=O) groups is 3. The molecule has 0 spiro atoms. The average molecular weight is 352 g/mol. The molecule has 0 aromatic heterocycles. The summed E-state index contributed by atoms with van der Waals surface area (Å²) in [6.07, 6.45) is 0.117. The summed E-state index contributed by atoms with van der Waals surface area (Å²) in [4.78, 5) is 34.3. The molecule has 0 radical (unpaired) electrons. The van der Waals surface area contributed by atoms with Crippen molar-refractivity contribution in [2.24, 2.45) is 5.73 Å². The highest BCUT2D eigenvalue weighted by Gasteiger charge is 2.37. The number of rotatable bonds is 6. The van der Waals surface area contributed by atoms with Gasteiger partial charge in [0, 0.05) is 12.8 Å². The van der Waals surface area contributed by atoms with Crippen LogP contribution in [-0.2, 0) is 20.7 Å². The van der Waals surface area contributed by atoms with E-state index in [1.807, 2.05) is 0 Å². The number of primary amides is 1. The van der Waals surface area contributed by atoms with Gasteiger partial charge in [0.25, 0.3) is 0 Å². The molecule has 8 nitrogen and oxygen atoms in total. The van der Waals surface area contributed by atoms with Crippen molar-refractivity contribution in [2.45, 2.75) is 25.2 Å². The molecular weight excluding hydrogens is 335 g/mol. The molecular formula is C14H17BN2O6S. The quantitative estimate of drug-likeness (QED) is 0.235. The Balaban J connectivity index is 2.10. The van der Waals surface area contributed by atoms with E-state index in [9.17, 15) is 19.4 Å². The molecule has 2 amide bonds.